The largest absolute Gasteiger partial charge is 0.573 e. The first kappa shape index (κ1) is 21.3. The lowest BCUT2D eigenvalue weighted by atomic mass is 10.1. The molecule has 0 atom stereocenters. The number of hydrazine groups is 1. The van der Waals surface area contributed by atoms with Crippen LogP contribution in [0.1, 0.15) is 5.56 Å². The van der Waals surface area contributed by atoms with Crippen molar-refractivity contribution in [2.45, 2.75) is 13.0 Å². The monoisotopic (exact) mass is 392 g/mol. The molecule has 0 fully saturated rings. The average Bonchev–Trinajstić information content (AvgIpc) is 2.59. The molecule has 0 aliphatic carbocycles. The first-order valence-corrected chi connectivity index (χ1v) is 7.39. The minimum absolute atomic E-state index is 0.157. The number of carbonyl (C=O) groups excluding carboxylic acids is 1. The number of hydrogen-bond acceptors (Lipinski definition) is 6. The van der Waals surface area contributed by atoms with Crippen LogP contribution >= 0.6 is 11.6 Å². The van der Waals surface area contributed by atoms with E-state index in [-0.39, 0.29) is 29.0 Å². The molecule has 1 heterocycles. The Labute approximate surface area is 152 Å². The molecule has 1 aromatic carbocycles. The second kappa shape index (κ2) is 10.3. The van der Waals surface area contributed by atoms with Gasteiger partial charge >= 0.3 is 6.36 Å². The maximum Gasteiger partial charge on any atom is 0.573 e. The summed E-state index contributed by atoms with van der Waals surface area (Å²) in [5.74, 6) is 4.28. The third kappa shape index (κ3) is 7.45. The van der Waals surface area contributed by atoms with Gasteiger partial charge in [-0.15, -0.1) is 13.2 Å². The molecular weight excluding hydrogens is 377 g/mol. The Morgan fingerprint density at radius 2 is 1.92 bits per heavy atom. The molecule has 142 valence electrons. The summed E-state index contributed by atoms with van der Waals surface area (Å²) in [5, 5.41) is 3.02. The van der Waals surface area contributed by atoms with E-state index in [1.54, 1.807) is 36.7 Å². The number of hydrogen-bond donors (Lipinski definition) is 3. The Bertz CT molecular complexity index is 717. The van der Waals surface area contributed by atoms with Crippen LogP contribution in [0.4, 0.5) is 18.9 Å². The van der Waals surface area contributed by atoms with E-state index in [0.717, 1.165) is 0 Å². The van der Waals surface area contributed by atoms with Gasteiger partial charge in [0.2, 0.25) is 12.3 Å². The van der Waals surface area contributed by atoms with Crippen molar-refractivity contribution in [3.8, 4) is 11.6 Å². The number of amides is 1. The van der Waals surface area contributed by atoms with Gasteiger partial charge in [0.05, 0.1) is 5.56 Å². The van der Waals surface area contributed by atoms with E-state index in [1.165, 1.54) is 12.1 Å². The van der Waals surface area contributed by atoms with Crippen LogP contribution in [0.5, 0.6) is 11.6 Å². The predicted octanol–water partition coefficient (Wildman–Crippen LogP) is 2.86. The van der Waals surface area contributed by atoms with Gasteiger partial charge in [-0.05, 0) is 18.2 Å². The van der Waals surface area contributed by atoms with E-state index >= 15 is 0 Å². The molecule has 7 nitrogen and oxygen atoms in total. The van der Waals surface area contributed by atoms with Gasteiger partial charge in [0.25, 0.3) is 0 Å². The topological polar surface area (TPSA) is 98.5 Å². The van der Waals surface area contributed by atoms with Crippen molar-refractivity contribution in [1.29, 1.82) is 0 Å². The van der Waals surface area contributed by atoms with Gasteiger partial charge in [0.15, 0.2) is 0 Å². The number of rotatable bonds is 6. The van der Waals surface area contributed by atoms with Crippen LogP contribution < -0.4 is 26.1 Å². The molecule has 0 aliphatic heterocycles. The van der Waals surface area contributed by atoms with Crippen LogP contribution in [-0.2, 0) is 11.4 Å². The molecule has 0 saturated heterocycles. The van der Waals surface area contributed by atoms with Crippen molar-refractivity contribution < 1.29 is 27.4 Å². The first-order chi connectivity index (χ1) is 12.3. The molecule has 1 aromatic heterocycles. The van der Waals surface area contributed by atoms with Gasteiger partial charge in [0.1, 0.15) is 17.5 Å². The third-order valence-corrected chi connectivity index (χ3v) is 2.96. The molecule has 0 aliphatic rings. The van der Waals surface area contributed by atoms with Crippen molar-refractivity contribution in [2.24, 2.45) is 5.84 Å². The SMILES string of the molecule is CNc1cccc(OC(F)(F)F)c1COc1cccc(Cl)n1.NNC=O. The van der Waals surface area contributed by atoms with Gasteiger partial charge in [-0.2, -0.15) is 0 Å². The number of benzene rings is 1. The van der Waals surface area contributed by atoms with Gasteiger partial charge in [-0.3, -0.25) is 10.2 Å². The number of nitrogens with zero attached hydrogens (tertiary/aromatic N) is 1. The number of aromatic nitrogens is 1. The maximum absolute atomic E-state index is 12.5. The standard InChI is InChI=1S/C14H12ClF3N2O2.CH4N2O/c1-19-10-4-2-5-11(22-14(16,17)18)9(10)8-21-13-7-3-6-12(15)20-13;2-3-1-4/h2-7,19H,8H2,1H3;1H,2H2,(H,3,4). The van der Waals surface area contributed by atoms with Crippen LogP contribution in [0.15, 0.2) is 36.4 Å². The lowest BCUT2D eigenvalue weighted by Gasteiger charge is -2.16. The summed E-state index contributed by atoms with van der Waals surface area (Å²) in [6, 6.07) is 9.04. The molecule has 11 heteroatoms. The lowest BCUT2D eigenvalue weighted by molar-refractivity contribution is -0.275. The number of alkyl halides is 3. The number of pyridine rings is 1. The molecule has 0 spiro atoms. The van der Waals surface area contributed by atoms with Gasteiger partial charge < -0.3 is 14.8 Å². The third-order valence-electron chi connectivity index (χ3n) is 2.75. The Kier molecular flexibility index (Phi) is 8.46. The number of anilines is 1. The number of nitrogens with two attached hydrogens (primary N) is 1. The second-order valence-corrected chi connectivity index (χ2v) is 4.84. The molecule has 26 heavy (non-hydrogen) atoms. The summed E-state index contributed by atoms with van der Waals surface area (Å²) in [7, 11) is 1.59. The van der Waals surface area contributed by atoms with Crippen LogP contribution in [-0.4, -0.2) is 24.8 Å². The minimum atomic E-state index is -4.78. The zero-order valence-corrected chi connectivity index (χ0v) is 14.3. The Morgan fingerprint density at radius 1 is 1.27 bits per heavy atom. The lowest BCUT2D eigenvalue weighted by Crippen LogP contribution is -2.19. The summed E-state index contributed by atoms with van der Waals surface area (Å²) >= 11 is 5.73. The molecule has 0 saturated carbocycles. The Hall–Kier alpha value is -2.72. The highest BCUT2D eigenvalue weighted by atomic mass is 35.5. The first-order valence-electron chi connectivity index (χ1n) is 7.01. The number of nitrogens with one attached hydrogen (secondary N) is 2. The Morgan fingerprint density at radius 3 is 2.46 bits per heavy atom. The highest BCUT2D eigenvalue weighted by Crippen LogP contribution is 2.32. The summed E-state index contributed by atoms with van der Waals surface area (Å²) in [6.45, 7) is -0.157. The van der Waals surface area contributed by atoms with Crippen LogP contribution in [0.3, 0.4) is 0 Å². The normalized spacial score (nSPS) is 10.2. The quantitative estimate of drug-likeness (QED) is 0.230. The molecule has 0 unspecified atom stereocenters. The summed E-state index contributed by atoms with van der Waals surface area (Å²) in [6.07, 6.45) is -4.38. The van der Waals surface area contributed by atoms with Crippen molar-refractivity contribution in [3.63, 3.8) is 0 Å². The minimum Gasteiger partial charge on any atom is -0.473 e. The van der Waals surface area contributed by atoms with Gasteiger partial charge in [-0.25, -0.2) is 10.8 Å². The van der Waals surface area contributed by atoms with E-state index < -0.39 is 6.36 Å². The van der Waals surface area contributed by atoms with E-state index in [9.17, 15) is 13.2 Å². The van der Waals surface area contributed by atoms with E-state index in [0.29, 0.717) is 12.1 Å². The van der Waals surface area contributed by atoms with Crippen LogP contribution in [0.25, 0.3) is 0 Å². The fourth-order valence-corrected chi connectivity index (χ4v) is 1.94. The van der Waals surface area contributed by atoms with Crippen molar-refractivity contribution in [2.75, 3.05) is 12.4 Å². The van der Waals surface area contributed by atoms with Crippen molar-refractivity contribution in [3.05, 3.63) is 47.1 Å². The number of ether oxygens (including phenoxy) is 2. The van der Waals surface area contributed by atoms with E-state index in [2.05, 4.69) is 20.9 Å². The predicted molar refractivity (Wildman–Crippen MR) is 89.6 cm³/mol. The fourth-order valence-electron chi connectivity index (χ4n) is 1.79. The second-order valence-electron chi connectivity index (χ2n) is 4.45. The molecule has 2 rings (SSSR count). The van der Waals surface area contributed by atoms with Gasteiger partial charge in [-0.1, -0.05) is 23.7 Å². The molecule has 4 N–H and O–H groups in total. The smallest absolute Gasteiger partial charge is 0.473 e. The molecule has 1 amide bonds. The molecule has 0 bridgehead atoms. The van der Waals surface area contributed by atoms with Crippen LogP contribution in [0, 0.1) is 0 Å². The molecule has 2 aromatic rings. The van der Waals surface area contributed by atoms with Crippen molar-refractivity contribution in [1.82, 2.24) is 10.4 Å². The molecular formula is C15H16ClF3N4O3. The summed E-state index contributed by atoms with van der Waals surface area (Å²) in [5.41, 5.74) is 2.44. The van der Waals surface area contributed by atoms with Crippen LogP contribution in [0.2, 0.25) is 5.15 Å². The zero-order chi connectivity index (χ0) is 19.6. The summed E-state index contributed by atoms with van der Waals surface area (Å²) in [4.78, 5) is 12.8. The highest BCUT2D eigenvalue weighted by molar-refractivity contribution is 6.29. The molecule has 0 radical (unpaired) electrons. The van der Waals surface area contributed by atoms with E-state index in [1.807, 2.05) is 0 Å². The number of halogens is 4. The fraction of sp³-hybridized carbons (Fsp3) is 0.200. The maximum atomic E-state index is 12.5. The van der Waals surface area contributed by atoms with Crippen molar-refractivity contribution >= 4 is 23.7 Å². The zero-order valence-electron chi connectivity index (χ0n) is 13.5. The Balaban J connectivity index is 0.000000765. The average molecular weight is 393 g/mol. The number of carbonyl (C=O) groups is 1. The highest BCUT2D eigenvalue weighted by Gasteiger charge is 2.32. The van der Waals surface area contributed by atoms with E-state index in [4.69, 9.17) is 21.1 Å². The van der Waals surface area contributed by atoms with Gasteiger partial charge in [0, 0.05) is 18.8 Å². The summed E-state index contributed by atoms with van der Waals surface area (Å²) < 4.78 is 46.8.